The predicted octanol–water partition coefficient (Wildman–Crippen LogP) is 5.16. The number of carbonyl (C=O) groups excluding carboxylic acids is 1. The van der Waals surface area contributed by atoms with Crippen LogP contribution in [-0.2, 0) is 14.2 Å². The molecule has 40 heavy (non-hydrogen) atoms. The number of anilines is 1. The molecule has 1 N–H and O–H groups in total. The lowest BCUT2D eigenvalue weighted by molar-refractivity contribution is 0.0456. The van der Waals surface area contributed by atoms with Gasteiger partial charge in [0, 0.05) is 31.8 Å². The fraction of sp³-hybridized carbons (Fsp3) is 0.400. The number of nitrogens with zero attached hydrogens (tertiary/aromatic N) is 4. The number of ether oxygens (including phenoxy) is 4. The minimum atomic E-state index is -0.580. The molecule has 1 atom stereocenters. The van der Waals surface area contributed by atoms with Gasteiger partial charge in [-0.05, 0) is 57.0 Å². The highest BCUT2D eigenvalue weighted by Gasteiger charge is 2.19. The topological polar surface area (TPSA) is 119 Å². The van der Waals surface area contributed by atoms with E-state index in [2.05, 4.69) is 26.3 Å². The first-order valence-corrected chi connectivity index (χ1v) is 13.2. The summed E-state index contributed by atoms with van der Waals surface area (Å²) in [5.74, 6) is 2.27. The molecule has 2 heterocycles. The third-order valence-corrected chi connectivity index (χ3v) is 6.17. The number of alkyl carbamates (subject to hydrolysis) is 1. The van der Waals surface area contributed by atoms with Crippen LogP contribution in [0.3, 0.4) is 0 Å². The summed E-state index contributed by atoms with van der Waals surface area (Å²) >= 11 is 0. The van der Waals surface area contributed by atoms with E-state index in [9.17, 15) is 10.1 Å². The molecule has 1 aliphatic rings. The van der Waals surface area contributed by atoms with Crippen molar-refractivity contribution in [2.45, 2.75) is 39.4 Å². The lowest BCUT2D eigenvalue weighted by Gasteiger charge is -2.28. The maximum Gasteiger partial charge on any atom is 0.407 e. The summed E-state index contributed by atoms with van der Waals surface area (Å²) in [6.07, 6.45) is -0.858. The van der Waals surface area contributed by atoms with Gasteiger partial charge in [0.05, 0.1) is 37.5 Å². The maximum absolute atomic E-state index is 12.1. The van der Waals surface area contributed by atoms with Crippen molar-refractivity contribution in [1.82, 2.24) is 15.3 Å². The number of hydrogen-bond acceptors (Lipinski definition) is 9. The lowest BCUT2D eigenvalue weighted by Crippen LogP contribution is -2.36. The third kappa shape index (κ3) is 7.68. The van der Waals surface area contributed by atoms with Crippen LogP contribution in [0.25, 0.3) is 11.1 Å². The van der Waals surface area contributed by atoms with Gasteiger partial charge in [-0.2, -0.15) is 10.2 Å². The molecule has 3 aromatic rings. The Morgan fingerprint density at radius 1 is 1.12 bits per heavy atom. The first-order valence-electron chi connectivity index (χ1n) is 13.2. The van der Waals surface area contributed by atoms with Crippen molar-refractivity contribution in [1.29, 1.82) is 5.26 Å². The van der Waals surface area contributed by atoms with Gasteiger partial charge in [0.25, 0.3) is 0 Å². The van der Waals surface area contributed by atoms with E-state index in [1.54, 1.807) is 19.2 Å². The standard InChI is InChI=1S/C30H35N5O5/c1-20-33-27(35-12-14-38-15-13-35)17-28(34-20)39-25-16-21(18-31)6-11-24(25)22-7-9-23(10-8-22)26(37-5)19-32-29(36)40-30(2,3)4/h6-11,16-17,26H,12-15,19H2,1-5H3,(H,32,36). The zero-order valence-electron chi connectivity index (χ0n) is 23.6. The molecule has 1 unspecified atom stereocenters. The second kappa shape index (κ2) is 12.8. The zero-order chi connectivity index (χ0) is 28.7. The molecule has 0 saturated carbocycles. The summed E-state index contributed by atoms with van der Waals surface area (Å²) in [4.78, 5) is 23.3. The number of aromatic nitrogens is 2. The smallest absolute Gasteiger partial charge is 0.407 e. The van der Waals surface area contributed by atoms with E-state index >= 15 is 0 Å². The summed E-state index contributed by atoms with van der Waals surface area (Å²) in [6, 6.07) is 17.1. The second-order valence-corrected chi connectivity index (χ2v) is 10.4. The normalized spacial score (nSPS) is 14.2. The van der Waals surface area contributed by atoms with Crippen molar-refractivity contribution >= 4 is 11.9 Å². The van der Waals surface area contributed by atoms with Crippen LogP contribution < -0.4 is 15.0 Å². The number of methoxy groups -OCH3 is 1. The van der Waals surface area contributed by atoms with Crippen LogP contribution in [0.4, 0.5) is 10.6 Å². The highest BCUT2D eigenvalue weighted by atomic mass is 16.6. The lowest BCUT2D eigenvalue weighted by atomic mass is 10.00. The van der Waals surface area contributed by atoms with Crippen molar-refractivity contribution in [3.05, 3.63) is 65.5 Å². The molecule has 1 amide bonds. The molecule has 210 valence electrons. The Kier molecular flexibility index (Phi) is 9.19. The first-order chi connectivity index (χ1) is 19.1. The molecular weight excluding hydrogens is 510 g/mol. The van der Waals surface area contributed by atoms with Crippen molar-refractivity contribution in [3.63, 3.8) is 0 Å². The van der Waals surface area contributed by atoms with E-state index in [-0.39, 0.29) is 12.6 Å². The Labute approximate surface area is 234 Å². The number of nitriles is 1. The van der Waals surface area contributed by atoms with Crippen LogP contribution >= 0.6 is 0 Å². The van der Waals surface area contributed by atoms with Gasteiger partial charge in [-0.3, -0.25) is 0 Å². The van der Waals surface area contributed by atoms with E-state index in [1.165, 1.54) is 0 Å². The van der Waals surface area contributed by atoms with Crippen molar-refractivity contribution in [2.75, 3.05) is 44.9 Å². The zero-order valence-corrected chi connectivity index (χ0v) is 23.6. The SMILES string of the molecule is COC(CNC(=O)OC(C)(C)C)c1ccc(-c2ccc(C#N)cc2Oc2cc(N3CCOCC3)nc(C)n2)cc1. The Bertz CT molecular complexity index is 1360. The molecule has 10 nitrogen and oxygen atoms in total. The second-order valence-electron chi connectivity index (χ2n) is 10.4. The number of amides is 1. The summed E-state index contributed by atoms with van der Waals surface area (Å²) in [7, 11) is 1.59. The van der Waals surface area contributed by atoms with Crippen LogP contribution in [0.15, 0.2) is 48.5 Å². The molecule has 0 aliphatic carbocycles. The average molecular weight is 546 g/mol. The number of carbonyl (C=O) groups is 1. The molecule has 0 spiro atoms. The predicted molar refractivity (Wildman–Crippen MR) is 150 cm³/mol. The number of morpholine rings is 1. The Morgan fingerprint density at radius 3 is 2.50 bits per heavy atom. The molecule has 2 aromatic carbocycles. The number of benzene rings is 2. The minimum Gasteiger partial charge on any atom is -0.444 e. The molecule has 0 bridgehead atoms. The van der Waals surface area contributed by atoms with Crippen molar-refractivity contribution in [3.8, 4) is 28.8 Å². The van der Waals surface area contributed by atoms with Crippen LogP contribution in [0.2, 0.25) is 0 Å². The number of aryl methyl sites for hydroxylation is 1. The van der Waals surface area contributed by atoms with Crippen LogP contribution in [0.5, 0.6) is 11.6 Å². The van der Waals surface area contributed by atoms with E-state index in [1.807, 2.05) is 64.1 Å². The van der Waals surface area contributed by atoms with E-state index in [0.717, 1.165) is 35.6 Å². The fourth-order valence-corrected chi connectivity index (χ4v) is 4.26. The summed E-state index contributed by atoms with van der Waals surface area (Å²) in [5, 5.41) is 12.3. The molecule has 1 saturated heterocycles. The van der Waals surface area contributed by atoms with Gasteiger partial charge in [-0.1, -0.05) is 24.3 Å². The molecular formula is C30H35N5O5. The van der Waals surface area contributed by atoms with Crippen molar-refractivity contribution in [2.24, 2.45) is 0 Å². The van der Waals surface area contributed by atoms with Gasteiger partial charge in [-0.15, -0.1) is 0 Å². The maximum atomic E-state index is 12.1. The fourth-order valence-electron chi connectivity index (χ4n) is 4.26. The van der Waals surface area contributed by atoms with Gasteiger partial charge < -0.3 is 29.2 Å². The van der Waals surface area contributed by atoms with Crippen molar-refractivity contribution < 1.29 is 23.7 Å². The number of nitrogens with one attached hydrogen (secondary N) is 1. The van der Waals surface area contributed by atoms with Gasteiger partial charge in [0.1, 0.15) is 23.0 Å². The monoisotopic (exact) mass is 545 g/mol. The largest absolute Gasteiger partial charge is 0.444 e. The van der Waals surface area contributed by atoms with Gasteiger partial charge >= 0.3 is 6.09 Å². The molecule has 1 aliphatic heterocycles. The van der Waals surface area contributed by atoms with E-state index in [4.69, 9.17) is 18.9 Å². The Morgan fingerprint density at radius 2 is 1.85 bits per heavy atom. The summed E-state index contributed by atoms with van der Waals surface area (Å²) in [6.45, 7) is 10.3. The first kappa shape index (κ1) is 28.8. The van der Waals surface area contributed by atoms with Crippen LogP contribution in [-0.4, -0.2) is 61.6 Å². The number of hydrogen-bond donors (Lipinski definition) is 1. The average Bonchev–Trinajstić information content (AvgIpc) is 2.93. The highest BCUT2D eigenvalue weighted by Crippen LogP contribution is 2.35. The van der Waals surface area contributed by atoms with Crippen LogP contribution in [0.1, 0.15) is 43.8 Å². The van der Waals surface area contributed by atoms with Gasteiger partial charge in [0.15, 0.2) is 0 Å². The third-order valence-electron chi connectivity index (χ3n) is 6.17. The minimum absolute atomic E-state index is 0.258. The highest BCUT2D eigenvalue weighted by molar-refractivity contribution is 5.72. The van der Waals surface area contributed by atoms with E-state index < -0.39 is 11.7 Å². The molecule has 1 fully saturated rings. The molecule has 1 aromatic heterocycles. The Hall–Kier alpha value is -4.20. The summed E-state index contributed by atoms with van der Waals surface area (Å²) < 4.78 is 22.7. The quantitative estimate of drug-likeness (QED) is 0.409. The molecule has 10 heteroatoms. The van der Waals surface area contributed by atoms with E-state index in [0.29, 0.717) is 36.2 Å². The van der Waals surface area contributed by atoms with Gasteiger partial charge in [-0.25, -0.2) is 9.78 Å². The molecule has 0 radical (unpaired) electrons. The van der Waals surface area contributed by atoms with Crippen LogP contribution in [0, 0.1) is 18.3 Å². The molecule has 4 rings (SSSR count). The number of rotatable bonds is 8. The van der Waals surface area contributed by atoms with Gasteiger partial charge in [0.2, 0.25) is 5.88 Å². The Balaban J connectivity index is 1.55. The summed E-state index contributed by atoms with van der Waals surface area (Å²) in [5.41, 5.74) is 2.47.